The third-order valence-electron chi connectivity index (χ3n) is 2.70. The number of sulfonamides is 1. The largest absolute Gasteiger partial charge is 0.360 e. The molecule has 0 aliphatic carbocycles. The molecule has 1 heterocycles. The van der Waals surface area contributed by atoms with E-state index in [0.717, 1.165) is 10.6 Å². The van der Waals surface area contributed by atoms with Crippen LogP contribution in [0.2, 0.25) is 0 Å². The molecule has 8 heteroatoms. The lowest BCUT2D eigenvalue weighted by molar-refractivity contribution is -0.116. The Kier molecular flexibility index (Phi) is 5.07. The molecule has 7 nitrogen and oxygen atoms in total. The van der Waals surface area contributed by atoms with Crippen LogP contribution in [0.3, 0.4) is 0 Å². The highest BCUT2D eigenvalue weighted by atomic mass is 32.2. The molecular formula is C11H19N3O4S. The number of anilines is 1. The topological polar surface area (TPSA) is 92.5 Å². The molecule has 19 heavy (non-hydrogen) atoms. The summed E-state index contributed by atoms with van der Waals surface area (Å²) < 4.78 is 29.2. The quantitative estimate of drug-likeness (QED) is 0.842. The highest BCUT2D eigenvalue weighted by molar-refractivity contribution is 7.88. The van der Waals surface area contributed by atoms with Gasteiger partial charge in [-0.25, -0.2) is 8.42 Å². The standard InChI is InChI=1S/C11H19N3O4S/c1-5-8(2)14(19(4,16)17)7-11(15)12-10-6-9(3)18-13-10/h6,8H,5,7H2,1-4H3,(H,12,13,15). The molecule has 0 spiro atoms. The number of hydrogen-bond acceptors (Lipinski definition) is 5. The predicted molar refractivity (Wildman–Crippen MR) is 71.2 cm³/mol. The molecule has 1 N–H and O–H groups in total. The second-order valence-electron chi connectivity index (χ2n) is 4.44. The van der Waals surface area contributed by atoms with Crippen LogP contribution in [0, 0.1) is 6.92 Å². The van der Waals surface area contributed by atoms with Crippen LogP contribution in [0.4, 0.5) is 5.82 Å². The maximum absolute atomic E-state index is 11.8. The molecule has 1 aromatic heterocycles. The van der Waals surface area contributed by atoms with Gasteiger partial charge in [0.25, 0.3) is 0 Å². The first-order chi connectivity index (χ1) is 8.74. The van der Waals surface area contributed by atoms with E-state index in [2.05, 4.69) is 10.5 Å². The monoisotopic (exact) mass is 289 g/mol. The van der Waals surface area contributed by atoms with Gasteiger partial charge in [0, 0.05) is 12.1 Å². The van der Waals surface area contributed by atoms with Crippen molar-refractivity contribution in [2.24, 2.45) is 0 Å². The second kappa shape index (κ2) is 6.16. The molecule has 0 aliphatic heterocycles. The van der Waals surface area contributed by atoms with Gasteiger partial charge in [0.05, 0.1) is 12.8 Å². The minimum Gasteiger partial charge on any atom is -0.360 e. The minimum atomic E-state index is -3.43. The van der Waals surface area contributed by atoms with E-state index in [-0.39, 0.29) is 18.4 Å². The first kappa shape index (κ1) is 15.6. The van der Waals surface area contributed by atoms with Gasteiger partial charge < -0.3 is 9.84 Å². The molecule has 0 aromatic carbocycles. The molecule has 0 bridgehead atoms. The van der Waals surface area contributed by atoms with Crippen LogP contribution in [0.5, 0.6) is 0 Å². The molecule has 1 unspecified atom stereocenters. The van der Waals surface area contributed by atoms with Crippen LogP contribution in [0.1, 0.15) is 26.0 Å². The van der Waals surface area contributed by atoms with Crippen molar-refractivity contribution in [2.75, 3.05) is 18.1 Å². The fraction of sp³-hybridized carbons (Fsp3) is 0.636. The molecule has 108 valence electrons. The van der Waals surface area contributed by atoms with Crippen molar-refractivity contribution in [2.45, 2.75) is 33.2 Å². The van der Waals surface area contributed by atoms with Crippen LogP contribution in [-0.4, -0.2) is 42.6 Å². The number of rotatable bonds is 6. The zero-order valence-electron chi connectivity index (χ0n) is 11.5. The van der Waals surface area contributed by atoms with Gasteiger partial charge >= 0.3 is 0 Å². The van der Waals surface area contributed by atoms with Crippen LogP contribution < -0.4 is 5.32 Å². The number of nitrogens with one attached hydrogen (secondary N) is 1. The summed E-state index contributed by atoms with van der Waals surface area (Å²) in [6.45, 7) is 5.08. The van der Waals surface area contributed by atoms with Crippen molar-refractivity contribution in [1.82, 2.24) is 9.46 Å². The first-order valence-electron chi connectivity index (χ1n) is 5.94. The molecule has 1 aromatic rings. The average Bonchev–Trinajstić information content (AvgIpc) is 2.69. The fourth-order valence-corrected chi connectivity index (χ4v) is 2.71. The predicted octanol–water partition coefficient (Wildman–Crippen LogP) is 0.982. The lowest BCUT2D eigenvalue weighted by Crippen LogP contribution is -2.42. The third-order valence-corrected chi connectivity index (χ3v) is 4.04. The van der Waals surface area contributed by atoms with E-state index >= 15 is 0 Å². The SMILES string of the molecule is CCC(C)N(CC(=O)Nc1cc(C)on1)S(C)(=O)=O. The van der Waals surface area contributed by atoms with Crippen LogP contribution in [0.25, 0.3) is 0 Å². The molecule has 0 radical (unpaired) electrons. The Morgan fingerprint density at radius 2 is 2.21 bits per heavy atom. The highest BCUT2D eigenvalue weighted by Crippen LogP contribution is 2.10. The van der Waals surface area contributed by atoms with Crippen LogP contribution >= 0.6 is 0 Å². The molecule has 1 atom stereocenters. The lowest BCUT2D eigenvalue weighted by Gasteiger charge is -2.24. The summed E-state index contributed by atoms with van der Waals surface area (Å²) in [5.41, 5.74) is 0. The van der Waals surface area contributed by atoms with E-state index < -0.39 is 15.9 Å². The van der Waals surface area contributed by atoms with E-state index in [4.69, 9.17) is 4.52 Å². The van der Waals surface area contributed by atoms with Crippen molar-refractivity contribution >= 4 is 21.7 Å². The maximum Gasteiger partial charge on any atom is 0.240 e. The summed E-state index contributed by atoms with van der Waals surface area (Å²) in [6, 6.07) is 1.33. The van der Waals surface area contributed by atoms with Crippen molar-refractivity contribution < 1.29 is 17.7 Å². The summed E-state index contributed by atoms with van der Waals surface area (Å²) in [6.07, 6.45) is 1.72. The number of carbonyl (C=O) groups is 1. The van der Waals surface area contributed by atoms with Crippen molar-refractivity contribution in [3.63, 3.8) is 0 Å². The molecule has 0 aliphatic rings. The van der Waals surface area contributed by atoms with Gasteiger partial charge in [-0.3, -0.25) is 4.79 Å². The summed E-state index contributed by atoms with van der Waals surface area (Å²) in [5, 5.41) is 6.11. The summed E-state index contributed by atoms with van der Waals surface area (Å²) >= 11 is 0. The Balaban J connectivity index is 2.72. The normalized spacial score (nSPS) is 13.5. The molecular weight excluding hydrogens is 270 g/mol. The van der Waals surface area contributed by atoms with E-state index in [9.17, 15) is 13.2 Å². The fourth-order valence-electron chi connectivity index (χ4n) is 1.55. The Morgan fingerprint density at radius 3 is 2.63 bits per heavy atom. The molecule has 0 saturated heterocycles. The Labute approximate surface area is 113 Å². The van der Waals surface area contributed by atoms with Gasteiger partial charge in [-0.05, 0) is 20.3 Å². The van der Waals surface area contributed by atoms with Gasteiger partial charge in [0.15, 0.2) is 5.82 Å². The van der Waals surface area contributed by atoms with E-state index in [1.165, 1.54) is 0 Å². The van der Waals surface area contributed by atoms with Gasteiger partial charge in [0.2, 0.25) is 15.9 Å². The third kappa shape index (κ3) is 4.64. The number of aryl methyl sites for hydroxylation is 1. The summed E-state index contributed by atoms with van der Waals surface area (Å²) in [7, 11) is -3.43. The number of aromatic nitrogens is 1. The zero-order chi connectivity index (χ0) is 14.6. The van der Waals surface area contributed by atoms with Crippen molar-refractivity contribution in [3.05, 3.63) is 11.8 Å². The second-order valence-corrected chi connectivity index (χ2v) is 6.37. The molecule has 1 amide bonds. The smallest absolute Gasteiger partial charge is 0.240 e. The van der Waals surface area contributed by atoms with Gasteiger partial charge in [-0.15, -0.1) is 0 Å². The Morgan fingerprint density at radius 1 is 1.58 bits per heavy atom. The maximum atomic E-state index is 11.8. The number of amides is 1. The average molecular weight is 289 g/mol. The molecule has 1 rings (SSSR count). The highest BCUT2D eigenvalue weighted by Gasteiger charge is 2.25. The lowest BCUT2D eigenvalue weighted by atomic mass is 10.2. The Bertz CT molecular complexity index is 538. The number of hydrogen-bond donors (Lipinski definition) is 1. The molecule has 0 saturated carbocycles. The van der Waals surface area contributed by atoms with Crippen LogP contribution in [0.15, 0.2) is 10.6 Å². The van der Waals surface area contributed by atoms with Gasteiger partial charge in [-0.1, -0.05) is 12.1 Å². The number of carbonyl (C=O) groups excluding carboxylic acids is 1. The molecule has 0 fully saturated rings. The zero-order valence-corrected chi connectivity index (χ0v) is 12.3. The van der Waals surface area contributed by atoms with Crippen LogP contribution in [-0.2, 0) is 14.8 Å². The summed E-state index contributed by atoms with van der Waals surface area (Å²) in [5.74, 6) is 0.399. The van der Waals surface area contributed by atoms with Gasteiger partial charge in [0.1, 0.15) is 5.76 Å². The van der Waals surface area contributed by atoms with E-state index in [1.54, 1.807) is 19.9 Å². The van der Waals surface area contributed by atoms with Crippen molar-refractivity contribution in [3.8, 4) is 0 Å². The Hall–Kier alpha value is -1.41. The summed E-state index contributed by atoms with van der Waals surface area (Å²) in [4.78, 5) is 11.8. The number of nitrogens with zero attached hydrogens (tertiary/aromatic N) is 2. The van der Waals surface area contributed by atoms with Gasteiger partial charge in [-0.2, -0.15) is 4.31 Å². The minimum absolute atomic E-state index is 0.236. The van der Waals surface area contributed by atoms with E-state index in [0.29, 0.717) is 12.2 Å². The van der Waals surface area contributed by atoms with E-state index in [1.807, 2.05) is 6.92 Å². The first-order valence-corrected chi connectivity index (χ1v) is 7.78. The van der Waals surface area contributed by atoms with Crippen molar-refractivity contribution in [1.29, 1.82) is 0 Å².